The van der Waals surface area contributed by atoms with Crippen LogP contribution < -0.4 is 0 Å². The number of hydrogen-bond donors (Lipinski definition) is 2. The molecule has 1 saturated heterocycles. The van der Waals surface area contributed by atoms with E-state index < -0.39 is 20.2 Å². The number of likely N-dealkylation sites (tertiary alicyclic amines) is 1. The summed E-state index contributed by atoms with van der Waals surface area (Å²) in [6, 6.07) is 0.291. The van der Waals surface area contributed by atoms with Gasteiger partial charge in [-0.15, -0.1) is 0 Å². The molecule has 5 aliphatic carbocycles. The molecule has 0 bridgehead atoms. The van der Waals surface area contributed by atoms with Crippen molar-refractivity contribution in [2.45, 2.75) is 50.6 Å². The second kappa shape index (κ2) is 14.2. The largest absolute Gasteiger partial charge is 0.364 e. The summed E-state index contributed by atoms with van der Waals surface area (Å²) >= 11 is 7.07. The Kier molecular flexibility index (Phi) is 9.93. The molecule has 0 amide bonds. The van der Waals surface area contributed by atoms with Gasteiger partial charge in [0.15, 0.2) is 6.04 Å². The lowest BCUT2D eigenvalue weighted by Gasteiger charge is -2.29. The number of unbranched alkanes of at least 4 members (excludes halogenated alkanes) is 2. The Balaban J connectivity index is 1.15. The zero-order valence-corrected chi connectivity index (χ0v) is 30.1. The van der Waals surface area contributed by atoms with Gasteiger partial charge in [0, 0.05) is 41.3 Å². The average Bonchev–Trinajstić information content (AvgIpc) is 3.69. The topological polar surface area (TPSA) is 115 Å². The maximum Gasteiger partial charge on any atom is 0.264 e. The monoisotopic (exact) mass is 733 g/mol. The van der Waals surface area contributed by atoms with E-state index in [0.717, 1.165) is 40.4 Å². The Morgan fingerprint density at radius 1 is 0.780 bits per heavy atom. The van der Waals surface area contributed by atoms with Gasteiger partial charge < -0.3 is 4.90 Å². The number of hydrogen-bond acceptors (Lipinski definition) is 5. The Labute approximate surface area is 300 Å². The van der Waals surface area contributed by atoms with E-state index in [0.29, 0.717) is 38.8 Å². The Morgan fingerprint density at radius 2 is 1.46 bits per heavy atom. The summed E-state index contributed by atoms with van der Waals surface area (Å²) in [5.74, 6) is -0.0352. The Morgan fingerprint density at radius 3 is 2.20 bits per heavy atom. The lowest BCUT2D eigenvalue weighted by molar-refractivity contribution is -0.551. The molecule has 2 aliphatic heterocycles. The molecule has 0 aromatic carbocycles. The first-order valence-electron chi connectivity index (χ1n) is 17.3. The first-order valence-corrected chi connectivity index (χ1v) is 20.9. The van der Waals surface area contributed by atoms with Crippen LogP contribution in [-0.2, 0) is 20.2 Å². The smallest absolute Gasteiger partial charge is 0.264 e. The fourth-order valence-corrected chi connectivity index (χ4v) is 9.75. The van der Waals surface area contributed by atoms with Gasteiger partial charge in [-0.05, 0) is 72.1 Å². The van der Waals surface area contributed by atoms with Crippen LogP contribution in [0.2, 0.25) is 0 Å². The minimum atomic E-state index is -3.99. The maximum absolute atomic E-state index is 11.3. The summed E-state index contributed by atoms with van der Waals surface area (Å²) in [4.78, 5) is 2.35. The molecule has 7 aliphatic rings. The van der Waals surface area contributed by atoms with Crippen LogP contribution >= 0.6 is 11.6 Å². The van der Waals surface area contributed by atoms with Gasteiger partial charge in [0.05, 0.1) is 23.5 Å². The van der Waals surface area contributed by atoms with Gasteiger partial charge in [-0.3, -0.25) is 9.11 Å². The normalized spacial score (nSPS) is 28.3. The van der Waals surface area contributed by atoms with Gasteiger partial charge in [-0.25, -0.2) is 4.58 Å². The molecule has 2 N–H and O–H groups in total. The Hall–Kier alpha value is -3.54. The van der Waals surface area contributed by atoms with E-state index in [1.807, 2.05) is 0 Å². The third-order valence-electron chi connectivity index (χ3n) is 10.5. The highest BCUT2D eigenvalue weighted by Gasteiger charge is 2.46. The summed E-state index contributed by atoms with van der Waals surface area (Å²) in [6.07, 6.45) is 38.0. The molecule has 8 nitrogen and oxygen atoms in total. The van der Waals surface area contributed by atoms with Crippen molar-refractivity contribution in [2.24, 2.45) is 11.8 Å². The van der Waals surface area contributed by atoms with Crippen molar-refractivity contribution in [2.75, 3.05) is 24.6 Å². The molecule has 7 rings (SSSR count). The van der Waals surface area contributed by atoms with Crippen LogP contribution in [0.4, 0.5) is 0 Å². The maximum atomic E-state index is 11.3. The SMILES string of the molecule is O=S(=O)(O)CCCCN1/C(=C/C=C2\CCC(/C=C/C3=[N+](CCCCS(=O)(=O)O)C4C=CC=C5C=CC=C3C54)=C2Cl)C2=CC=CC3=CC=CC1C32. The van der Waals surface area contributed by atoms with Crippen molar-refractivity contribution in [3.8, 4) is 0 Å². The molecule has 262 valence electrons. The van der Waals surface area contributed by atoms with Crippen LogP contribution in [0.5, 0.6) is 0 Å². The third kappa shape index (κ3) is 7.27. The molecule has 11 heteroatoms. The fourth-order valence-electron chi connectivity index (χ4n) is 8.30. The van der Waals surface area contributed by atoms with Crippen molar-refractivity contribution in [3.05, 3.63) is 141 Å². The first kappa shape index (κ1) is 34.9. The predicted octanol–water partition coefficient (Wildman–Crippen LogP) is 6.71. The van der Waals surface area contributed by atoms with Crippen molar-refractivity contribution >= 4 is 37.5 Å². The highest BCUT2D eigenvalue weighted by molar-refractivity contribution is 7.86. The van der Waals surface area contributed by atoms with Crippen LogP contribution in [0, 0.1) is 11.8 Å². The van der Waals surface area contributed by atoms with Crippen molar-refractivity contribution in [1.82, 2.24) is 4.90 Å². The highest BCUT2D eigenvalue weighted by Crippen LogP contribution is 2.47. The van der Waals surface area contributed by atoms with E-state index in [1.165, 1.54) is 22.3 Å². The molecular weight excluding hydrogens is 692 g/mol. The summed E-state index contributed by atoms with van der Waals surface area (Å²) in [5, 5.41) is 0.750. The van der Waals surface area contributed by atoms with Crippen molar-refractivity contribution in [1.29, 1.82) is 0 Å². The molecule has 0 radical (unpaired) electrons. The fraction of sp³-hybridized carbons (Fsp3) is 0.359. The highest BCUT2D eigenvalue weighted by atomic mass is 35.5. The molecular formula is C39H42ClN2O6S2+. The summed E-state index contributed by atoms with van der Waals surface area (Å²) < 4.78 is 66.1. The lowest BCUT2D eigenvalue weighted by atomic mass is 9.80. The first-order chi connectivity index (χ1) is 24.0. The van der Waals surface area contributed by atoms with Crippen molar-refractivity contribution < 1.29 is 30.5 Å². The van der Waals surface area contributed by atoms with Crippen molar-refractivity contribution in [3.63, 3.8) is 0 Å². The predicted molar refractivity (Wildman–Crippen MR) is 199 cm³/mol. The molecule has 4 atom stereocenters. The number of rotatable bonds is 13. The van der Waals surface area contributed by atoms with Gasteiger partial charge in [0.1, 0.15) is 6.54 Å². The molecule has 2 heterocycles. The summed E-state index contributed by atoms with van der Waals surface area (Å²) in [5.41, 5.74) is 9.36. The second-order valence-corrected chi connectivity index (χ2v) is 17.2. The van der Waals surface area contributed by atoms with E-state index in [1.54, 1.807) is 0 Å². The summed E-state index contributed by atoms with van der Waals surface area (Å²) in [7, 11) is -7.99. The molecule has 0 aromatic heterocycles. The van der Waals surface area contributed by atoms with Crippen LogP contribution in [0.15, 0.2) is 141 Å². The number of nitrogens with zero attached hydrogens (tertiary/aromatic N) is 2. The summed E-state index contributed by atoms with van der Waals surface area (Å²) in [6.45, 7) is 1.34. The average molecular weight is 734 g/mol. The van der Waals surface area contributed by atoms with E-state index in [9.17, 15) is 25.9 Å². The van der Waals surface area contributed by atoms with Gasteiger partial charge in [-0.1, -0.05) is 90.6 Å². The molecule has 0 saturated carbocycles. The van der Waals surface area contributed by atoms with Gasteiger partial charge in [0.25, 0.3) is 20.2 Å². The molecule has 0 aromatic rings. The molecule has 1 fully saturated rings. The third-order valence-corrected chi connectivity index (χ3v) is 12.6. The standard InChI is InChI=1S/C39H41ClN2O6S2/c40-39-29(19-21-33-31-13-5-9-27-11-7-15-35(37(27)31)41(33)23-1-3-25-49(43,44)45)17-18-30(39)20-22-34-32-14-6-10-28-12-8-16-36(38(28)32)42(34)24-2-4-26-50(46,47)48/h5-16,19-22,35-38H,1-4,17-18,23-26H2,(H-,43,44,45,46,47,48)/p+1. The zero-order valence-electron chi connectivity index (χ0n) is 27.7. The van der Waals surface area contributed by atoms with Crippen LogP contribution in [0.1, 0.15) is 38.5 Å². The number of allylic oxidation sites excluding steroid dienone is 18. The minimum Gasteiger partial charge on any atom is -0.364 e. The second-order valence-electron chi connectivity index (χ2n) is 13.7. The number of halogens is 1. The van der Waals surface area contributed by atoms with E-state index >= 15 is 0 Å². The van der Waals surface area contributed by atoms with Gasteiger partial charge >= 0.3 is 0 Å². The van der Waals surface area contributed by atoms with E-state index in [2.05, 4.69) is 107 Å². The van der Waals surface area contributed by atoms with Gasteiger partial charge in [0.2, 0.25) is 5.71 Å². The molecule has 4 unspecified atom stereocenters. The zero-order chi connectivity index (χ0) is 35.0. The van der Waals surface area contributed by atoms with Crippen LogP contribution in [0.3, 0.4) is 0 Å². The van der Waals surface area contributed by atoms with Crippen LogP contribution in [-0.4, -0.2) is 77.8 Å². The Bertz CT molecular complexity index is 2100. The van der Waals surface area contributed by atoms with E-state index in [4.69, 9.17) is 11.6 Å². The van der Waals surface area contributed by atoms with Gasteiger partial charge in [-0.2, -0.15) is 16.8 Å². The minimum absolute atomic E-state index is 0.145. The molecule has 50 heavy (non-hydrogen) atoms. The van der Waals surface area contributed by atoms with Crippen LogP contribution in [0.25, 0.3) is 0 Å². The quantitative estimate of drug-likeness (QED) is 0.123. The molecule has 0 spiro atoms. The van der Waals surface area contributed by atoms with E-state index in [-0.39, 0.29) is 35.4 Å². The lowest BCUT2D eigenvalue weighted by Crippen LogP contribution is -2.33.